The quantitative estimate of drug-likeness (QED) is 0.392. The average Bonchev–Trinajstić information content (AvgIpc) is 3.48. The number of piperidine rings is 1. The van der Waals surface area contributed by atoms with Crippen LogP contribution in [0.1, 0.15) is 42.6 Å². The molecule has 2 atom stereocenters. The lowest BCUT2D eigenvalue weighted by Crippen LogP contribution is -2.44. The van der Waals surface area contributed by atoms with Gasteiger partial charge in [0.1, 0.15) is 18.0 Å². The minimum Gasteiger partial charge on any atom is -0.382 e. The van der Waals surface area contributed by atoms with E-state index in [-0.39, 0.29) is 55.4 Å². The van der Waals surface area contributed by atoms with Crippen LogP contribution in [-0.4, -0.2) is 86.4 Å². The van der Waals surface area contributed by atoms with E-state index in [9.17, 15) is 31.5 Å². The third kappa shape index (κ3) is 6.40. The van der Waals surface area contributed by atoms with Crippen molar-refractivity contribution in [3.05, 3.63) is 46.7 Å². The number of amides is 2. The second kappa shape index (κ2) is 11.5. The Kier molecular flexibility index (Phi) is 8.29. The van der Waals surface area contributed by atoms with Gasteiger partial charge in [-0.1, -0.05) is 17.7 Å². The van der Waals surface area contributed by atoms with Crippen LogP contribution in [0, 0.1) is 5.92 Å². The van der Waals surface area contributed by atoms with Gasteiger partial charge >= 0.3 is 6.18 Å². The fourth-order valence-corrected chi connectivity index (χ4v) is 5.88. The number of hydrogen-bond donors (Lipinski definition) is 2. The topological polar surface area (TPSA) is 109 Å². The summed E-state index contributed by atoms with van der Waals surface area (Å²) < 4.78 is 69.9. The smallest absolute Gasteiger partial charge is 0.382 e. The van der Waals surface area contributed by atoms with Crippen LogP contribution >= 0.6 is 11.6 Å². The summed E-state index contributed by atoms with van der Waals surface area (Å²) in [5.74, 6) is -2.70. The van der Waals surface area contributed by atoms with Gasteiger partial charge in [0.05, 0.1) is 34.8 Å². The van der Waals surface area contributed by atoms with Crippen molar-refractivity contribution < 1.29 is 31.5 Å². The van der Waals surface area contributed by atoms with Gasteiger partial charge in [-0.25, -0.2) is 18.3 Å². The molecule has 2 saturated heterocycles. The number of nitrogens with two attached hydrogens (primary N) is 1. The standard InChI is InChI=1S/C28H31ClF5N7O2/c1-27(2,31)26(43)40-12-20(30)21(13-40)38-25(42)18-9-15(3-4-19(18)29)22-10-16(23-24(35)36-14-37-41(22)23)11-39-7-5-17(6-8-39)28(32,33)34/h3-4,9-10,14,17,20-21H,5-8,11-13H2,1-2H3,(H,38,42)(H2,35,36,37)/t20-,21+/m0/s1. The summed E-state index contributed by atoms with van der Waals surface area (Å²) in [5, 5.41) is 6.98. The number of carbonyl (C=O) groups is 2. The van der Waals surface area contributed by atoms with Gasteiger partial charge in [0.25, 0.3) is 11.8 Å². The number of nitrogen functional groups attached to an aromatic ring is 1. The molecule has 0 spiro atoms. The Balaban J connectivity index is 1.38. The molecule has 0 aliphatic carbocycles. The molecule has 5 rings (SSSR count). The van der Waals surface area contributed by atoms with Crippen molar-refractivity contribution >= 4 is 34.7 Å². The first-order valence-corrected chi connectivity index (χ1v) is 14.1. The molecule has 2 aliphatic rings. The molecule has 2 aliphatic heterocycles. The van der Waals surface area contributed by atoms with Crippen molar-refractivity contribution in [1.82, 2.24) is 29.7 Å². The minimum absolute atomic E-state index is 0.00195. The van der Waals surface area contributed by atoms with Gasteiger partial charge in [0.15, 0.2) is 11.5 Å². The number of nitrogens with one attached hydrogen (secondary N) is 1. The molecule has 232 valence electrons. The first-order valence-electron chi connectivity index (χ1n) is 13.8. The summed E-state index contributed by atoms with van der Waals surface area (Å²) >= 11 is 6.35. The number of alkyl halides is 5. The van der Waals surface area contributed by atoms with E-state index in [0.29, 0.717) is 28.9 Å². The van der Waals surface area contributed by atoms with Gasteiger partial charge in [-0.2, -0.15) is 18.3 Å². The number of aromatic nitrogens is 3. The number of halogens is 6. The third-order valence-electron chi connectivity index (χ3n) is 7.97. The van der Waals surface area contributed by atoms with Gasteiger partial charge in [-0.05, 0) is 63.5 Å². The van der Waals surface area contributed by atoms with Crippen molar-refractivity contribution in [2.75, 3.05) is 31.9 Å². The molecule has 15 heteroatoms. The molecule has 0 unspecified atom stereocenters. The van der Waals surface area contributed by atoms with Crippen molar-refractivity contribution in [1.29, 1.82) is 0 Å². The lowest BCUT2D eigenvalue weighted by Gasteiger charge is -2.32. The van der Waals surface area contributed by atoms with E-state index in [1.165, 1.54) is 18.5 Å². The first-order chi connectivity index (χ1) is 20.1. The average molecular weight is 628 g/mol. The third-order valence-corrected chi connectivity index (χ3v) is 8.30. The predicted octanol–water partition coefficient (Wildman–Crippen LogP) is 4.43. The van der Waals surface area contributed by atoms with E-state index in [4.69, 9.17) is 17.3 Å². The normalized spacial score (nSPS) is 20.6. The van der Waals surface area contributed by atoms with Gasteiger partial charge < -0.3 is 16.0 Å². The highest BCUT2D eigenvalue weighted by Gasteiger charge is 2.42. The number of rotatable bonds is 6. The van der Waals surface area contributed by atoms with E-state index < -0.39 is 41.8 Å². The summed E-state index contributed by atoms with van der Waals surface area (Å²) in [6, 6.07) is 5.40. The lowest BCUT2D eigenvalue weighted by atomic mass is 9.96. The molecule has 2 fully saturated rings. The SMILES string of the molecule is CC(C)(F)C(=O)N1C[C@H](F)[C@H](NC(=O)c2cc(-c3cc(CN4CCC(C(F)(F)F)CC4)c4c(N)ncnn34)ccc2Cl)C1. The summed E-state index contributed by atoms with van der Waals surface area (Å²) in [5.41, 5.74) is 6.28. The molecule has 3 aromatic rings. The van der Waals surface area contributed by atoms with Crippen molar-refractivity contribution in [3.63, 3.8) is 0 Å². The van der Waals surface area contributed by atoms with Crippen LogP contribution in [0.25, 0.3) is 16.8 Å². The second-order valence-corrected chi connectivity index (χ2v) is 11.9. The summed E-state index contributed by atoms with van der Waals surface area (Å²) in [7, 11) is 0. The number of carbonyl (C=O) groups excluding carboxylic acids is 2. The number of anilines is 1. The highest BCUT2D eigenvalue weighted by Crippen LogP contribution is 2.36. The molecule has 2 aromatic heterocycles. The Hall–Kier alpha value is -3.52. The highest BCUT2D eigenvalue weighted by molar-refractivity contribution is 6.34. The Morgan fingerprint density at radius 3 is 2.47 bits per heavy atom. The molecule has 1 aromatic carbocycles. The molecular formula is C28H31ClF5N7O2. The number of nitrogens with zero attached hydrogens (tertiary/aromatic N) is 5. The van der Waals surface area contributed by atoms with Crippen LogP contribution < -0.4 is 11.1 Å². The van der Waals surface area contributed by atoms with Crippen molar-refractivity contribution in [2.45, 2.75) is 57.3 Å². The number of hydrogen-bond acceptors (Lipinski definition) is 6. The van der Waals surface area contributed by atoms with Gasteiger partial charge in [-0.3, -0.25) is 14.5 Å². The molecule has 0 saturated carbocycles. The monoisotopic (exact) mass is 627 g/mol. The van der Waals surface area contributed by atoms with Gasteiger partial charge in [0, 0.05) is 18.7 Å². The van der Waals surface area contributed by atoms with Gasteiger partial charge in [0.2, 0.25) is 0 Å². The maximum atomic E-state index is 14.7. The van der Waals surface area contributed by atoms with E-state index in [2.05, 4.69) is 15.4 Å². The minimum atomic E-state index is -4.22. The van der Waals surface area contributed by atoms with E-state index in [0.717, 1.165) is 18.7 Å². The predicted molar refractivity (Wildman–Crippen MR) is 150 cm³/mol. The first kappa shape index (κ1) is 30.9. The van der Waals surface area contributed by atoms with Crippen LogP contribution in [-0.2, 0) is 11.3 Å². The van der Waals surface area contributed by atoms with E-state index in [1.807, 2.05) is 4.90 Å². The Labute approximate surface area is 249 Å². The van der Waals surface area contributed by atoms with Gasteiger partial charge in [-0.15, -0.1) is 0 Å². The molecule has 4 heterocycles. The van der Waals surface area contributed by atoms with E-state index in [1.54, 1.807) is 16.6 Å². The van der Waals surface area contributed by atoms with Crippen LogP contribution in [0.4, 0.5) is 27.8 Å². The zero-order valence-corrected chi connectivity index (χ0v) is 24.2. The van der Waals surface area contributed by atoms with Crippen LogP contribution in [0.3, 0.4) is 0 Å². The highest BCUT2D eigenvalue weighted by atomic mass is 35.5. The fourth-order valence-electron chi connectivity index (χ4n) is 5.68. The molecule has 0 bridgehead atoms. The summed E-state index contributed by atoms with van der Waals surface area (Å²) in [6.45, 7) is 2.47. The fraction of sp³-hybridized carbons (Fsp3) is 0.500. The molecule has 9 nitrogen and oxygen atoms in total. The largest absolute Gasteiger partial charge is 0.391 e. The molecule has 3 N–H and O–H groups in total. The molecule has 2 amide bonds. The Morgan fingerprint density at radius 2 is 1.81 bits per heavy atom. The number of fused-ring (bicyclic) bond motifs is 1. The summed E-state index contributed by atoms with van der Waals surface area (Å²) in [6.07, 6.45) is -4.55. The maximum Gasteiger partial charge on any atom is 0.391 e. The number of benzene rings is 1. The molecular weight excluding hydrogens is 597 g/mol. The Morgan fingerprint density at radius 1 is 1.12 bits per heavy atom. The Bertz CT molecular complexity index is 1530. The summed E-state index contributed by atoms with van der Waals surface area (Å²) in [4.78, 5) is 32.5. The van der Waals surface area contributed by atoms with Crippen LogP contribution in [0.5, 0.6) is 0 Å². The van der Waals surface area contributed by atoms with Crippen molar-refractivity contribution in [3.8, 4) is 11.3 Å². The van der Waals surface area contributed by atoms with E-state index >= 15 is 0 Å². The van der Waals surface area contributed by atoms with Crippen LogP contribution in [0.15, 0.2) is 30.6 Å². The zero-order valence-electron chi connectivity index (χ0n) is 23.5. The van der Waals surface area contributed by atoms with Crippen molar-refractivity contribution in [2.24, 2.45) is 5.92 Å². The molecule has 43 heavy (non-hydrogen) atoms. The van der Waals surface area contributed by atoms with Crippen LogP contribution in [0.2, 0.25) is 5.02 Å². The molecule has 0 radical (unpaired) electrons. The maximum absolute atomic E-state index is 14.7. The second-order valence-electron chi connectivity index (χ2n) is 11.5. The lowest BCUT2D eigenvalue weighted by molar-refractivity contribution is -0.185. The number of likely N-dealkylation sites (tertiary alicyclic amines) is 2. The zero-order chi connectivity index (χ0) is 31.3.